The zero-order chi connectivity index (χ0) is 33.7. The molecule has 0 aromatic heterocycles. The van der Waals surface area contributed by atoms with Crippen LogP contribution >= 0.6 is 0 Å². The highest BCUT2D eigenvalue weighted by Gasteiger charge is 2.28. The lowest BCUT2D eigenvalue weighted by atomic mass is 9.96. The molecule has 0 atom stereocenters. The Bertz CT molecular complexity index is 1930. The summed E-state index contributed by atoms with van der Waals surface area (Å²) in [5.41, 5.74) is 1.96. The molecular weight excluding hydrogens is 653 g/mol. The Morgan fingerprint density at radius 2 is 1.13 bits per heavy atom. The first-order chi connectivity index (χ1) is 20.9. The van der Waals surface area contributed by atoms with E-state index in [-0.39, 0.29) is 63.5 Å². The van der Waals surface area contributed by atoms with E-state index in [1.165, 1.54) is 57.7 Å². The van der Waals surface area contributed by atoms with Crippen molar-refractivity contribution in [2.75, 3.05) is 46.7 Å². The molecule has 0 aliphatic heterocycles. The predicted octanol–water partition coefficient (Wildman–Crippen LogP) is 4.41. The van der Waals surface area contributed by atoms with Gasteiger partial charge in [-0.2, -0.15) is 25.3 Å². The van der Waals surface area contributed by atoms with Gasteiger partial charge in [-0.15, -0.1) is 0 Å². The zero-order valence-corrected chi connectivity index (χ0v) is 28.3. The van der Waals surface area contributed by atoms with E-state index >= 15 is 0 Å². The third-order valence-corrected chi connectivity index (χ3v) is 7.21. The molecule has 0 saturated carbocycles. The van der Waals surface area contributed by atoms with E-state index in [0.717, 1.165) is 24.3 Å². The predicted molar refractivity (Wildman–Crippen MR) is 168 cm³/mol. The maximum absolute atomic E-state index is 12.5. The fourth-order valence-electron chi connectivity index (χ4n) is 4.08. The average molecular weight is 687 g/mol. The molecule has 0 unspecified atom stereocenters. The van der Waals surface area contributed by atoms with Crippen molar-refractivity contribution in [1.82, 2.24) is 0 Å². The fourth-order valence-corrected chi connectivity index (χ4v) is 5.46. The van der Waals surface area contributed by atoms with Crippen molar-refractivity contribution < 1.29 is 56.8 Å². The van der Waals surface area contributed by atoms with E-state index in [1.807, 2.05) is 13.8 Å². The first kappa shape index (κ1) is 35.3. The Morgan fingerprint density at radius 3 is 1.67 bits per heavy atom. The van der Waals surface area contributed by atoms with Crippen LogP contribution < -0.4 is 31.5 Å². The van der Waals surface area contributed by atoms with E-state index in [2.05, 4.69) is 0 Å². The highest BCUT2D eigenvalue weighted by Crippen LogP contribution is 2.52. The van der Waals surface area contributed by atoms with Crippen LogP contribution in [-0.2, 0) is 30.4 Å². The van der Waals surface area contributed by atoms with Crippen LogP contribution in [0.25, 0.3) is 22.3 Å². The summed E-state index contributed by atoms with van der Waals surface area (Å²) in [4.78, 5) is 0. The largest absolute Gasteiger partial charge is 0.496 e. The minimum atomic E-state index is -4.18. The van der Waals surface area contributed by atoms with E-state index < -0.39 is 30.4 Å². The van der Waals surface area contributed by atoms with Crippen LogP contribution in [0.2, 0.25) is 0 Å². The number of hydrogen-bond acceptors (Lipinski definition) is 13. The molecule has 246 valence electrons. The van der Waals surface area contributed by atoms with Gasteiger partial charge in [-0.25, -0.2) is 0 Å². The molecule has 3 aromatic carbocycles. The first-order valence-corrected chi connectivity index (χ1v) is 18.4. The molecule has 0 aliphatic rings. The first-order valence-electron chi connectivity index (χ1n) is 12.9. The number of ether oxygens (including phenoxy) is 4. The van der Waals surface area contributed by atoms with E-state index in [1.54, 1.807) is 12.1 Å². The second kappa shape index (κ2) is 13.9. The number of allylic oxidation sites excluding steroid dienone is 1. The van der Waals surface area contributed by atoms with Crippen LogP contribution in [0.4, 0.5) is 0 Å². The second-order valence-corrected chi connectivity index (χ2v) is 14.6. The molecule has 3 rings (SSSR count). The van der Waals surface area contributed by atoms with Gasteiger partial charge in [-0.3, -0.25) is 0 Å². The second-order valence-electron chi connectivity index (χ2n) is 9.85. The molecule has 0 N–H and O–H groups in total. The van der Waals surface area contributed by atoms with E-state index in [9.17, 15) is 25.3 Å². The third kappa shape index (κ3) is 9.67. The molecule has 0 radical (unpaired) electrons. The lowest BCUT2D eigenvalue weighted by Gasteiger charge is -2.21. The Morgan fingerprint density at radius 1 is 0.600 bits per heavy atom. The van der Waals surface area contributed by atoms with Gasteiger partial charge in [0, 0.05) is 5.56 Å². The molecule has 0 heterocycles. The van der Waals surface area contributed by atoms with Crippen molar-refractivity contribution >= 4 is 30.4 Å². The van der Waals surface area contributed by atoms with Gasteiger partial charge in [0.1, 0.15) is 12.4 Å². The Labute approximate surface area is 263 Å². The summed E-state index contributed by atoms with van der Waals surface area (Å²) in [5.74, 6) is -0.317. The van der Waals surface area contributed by atoms with Gasteiger partial charge in [-0.05, 0) is 61.4 Å². The third-order valence-electron chi connectivity index (χ3n) is 5.78. The van der Waals surface area contributed by atoms with Gasteiger partial charge in [-0.1, -0.05) is 17.7 Å². The maximum atomic E-state index is 12.5. The standard InChI is InChI=1S/C29H34O13S3/c1-18(2)13-14-39-22-11-10-20(16-25(22)41-44(7,32)33)27-26(37-4)17-21(28(38-5)29(27)42-45(8,34)35)19-9-12-23(24(15-19)36-3)40-43(6,30)31/h9-13,15-17H,14H2,1-8H3. The molecule has 0 fully saturated rings. The van der Waals surface area contributed by atoms with Gasteiger partial charge in [0.05, 0.1) is 45.7 Å². The lowest BCUT2D eigenvalue weighted by Crippen LogP contribution is -2.10. The molecule has 0 saturated heterocycles. The summed E-state index contributed by atoms with van der Waals surface area (Å²) in [6.45, 7) is 3.88. The van der Waals surface area contributed by atoms with Crippen molar-refractivity contribution in [3.05, 3.63) is 54.1 Å². The Balaban J connectivity index is 2.36. The van der Waals surface area contributed by atoms with Crippen molar-refractivity contribution in [2.24, 2.45) is 0 Å². The molecule has 0 amide bonds. The normalized spacial score (nSPS) is 11.7. The molecule has 3 aromatic rings. The highest BCUT2D eigenvalue weighted by molar-refractivity contribution is 7.86. The SMILES string of the molecule is COc1cc(-c2cc(OC)c(-c3ccc(OCC=C(C)C)c(OS(C)(=O)=O)c3)c(OS(C)(=O)=O)c2OC)ccc1OS(C)(=O)=O. The zero-order valence-electron chi connectivity index (χ0n) is 25.9. The van der Waals surface area contributed by atoms with Crippen LogP contribution in [0.1, 0.15) is 13.8 Å². The van der Waals surface area contributed by atoms with Crippen molar-refractivity contribution in [3.63, 3.8) is 0 Å². The van der Waals surface area contributed by atoms with Crippen LogP contribution in [0, 0.1) is 0 Å². The van der Waals surface area contributed by atoms with Crippen LogP contribution in [0.15, 0.2) is 54.1 Å². The monoisotopic (exact) mass is 686 g/mol. The van der Waals surface area contributed by atoms with Crippen molar-refractivity contribution in [3.8, 4) is 62.5 Å². The van der Waals surface area contributed by atoms with E-state index in [0.29, 0.717) is 5.56 Å². The minimum absolute atomic E-state index is 0.0514. The van der Waals surface area contributed by atoms with Crippen LogP contribution in [0.5, 0.6) is 40.2 Å². The topological polar surface area (TPSA) is 167 Å². The van der Waals surface area contributed by atoms with Gasteiger partial charge >= 0.3 is 30.4 Å². The maximum Gasteiger partial charge on any atom is 0.306 e. The number of rotatable bonds is 14. The summed E-state index contributed by atoms with van der Waals surface area (Å²) in [7, 11) is -8.11. The summed E-state index contributed by atoms with van der Waals surface area (Å²) in [6.07, 6.45) is 4.39. The number of benzene rings is 3. The molecule has 0 aliphatic carbocycles. The number of methoxy groups -OCH3 is 3. The summed E-state index contributed by atoms with van der Waals surface area (Å²) >= 11 is 0. The summed E-state index contributed by atoms with van der Waals surface area (Å²) in [6, 6.07) is 10.2. The quantitative estimate of drug-likeness (QED) is 0.173. The molecule has 45 heavy (non-hydrogen) atoms. The van der Waals surface area contributed by atoms with E-state index in [4.69, 9.17) is 31.5 Å². The molecule has 16 heteroatoms. The molecular formula is C29H34O13S3. The minimum Gasteiger partial charge on any atom is -0.496 e. The summed E-state index contributed by atoms with van der Waals surface area (Å²) < 4.78 is 111. The Kier molecular flexibility index (Phi) is 10.9. The smallest absolute Gasteiger partial charge is 0.306 e. The Hall–Kier alpha value is -4.15. The highest BCUT2D eigenvalue weighted by atomic mass is 32.2. The van der Waals surface area contributed by atoms with Gasteiger partial charge in [0.2, 0.25) is 0 Å². The average Bonchev–Trinajstić information content (AvgIpc) is 2.90. The lowest BCUT2D eigenvalue weighted by molar-refractivity contribution is 0.347. The van der Waals surface area contributed by atoms with Gasteiger partial charge < -0.3 is 31.5 Å². The van der Waals surface area contributed by atoms with Crippen molar-refractivity contribution in [1.29, 1.82) is 0 Å². The van der Waals surface area contributed by atoms with Gasteiger partial charge in [0.15, 0.2) is 34.5 Å². The van der Waals surface area contributed by atoms with Crippen LogP contribution in [0.3, 0.4) is 0 Å². The van der Waals surface area contributed by atoms with Crippen LogP contribution in [-0.4, -0.2) is 72.0 Å². The molecule has 13 nitrogen and oxygen atoms in total. The van der Waals surface area contributed by atoms with Gasteiger partial charge in [0.25, 0.3) is 0 Å². The van der Waals surface area contributed by atoms with Crippen molar-refractivity contribution in [2.45, 2.75) is 13.8 Å². The molecule has 0 spiro atoms. The molecule has 0 bridgehead atoms. The number of hydrogen-bond donors (Lipinski definition) is 0. The fraction of sp³-hybridized carbons (Fsp3) is 0.310. The summed E-state index contributed by atoms with van der Waals surface area (Å²) in [5, 5.41) is 0.